The van der Waals surface area contributed by atoms with Crippen LogP contribution in [-0.2, 0) is 9.59 Å². The van der Waals surface area contributed by atoms with Crippen molar-refractivity contribution in [2.75, 3.05) is 11.5 Å². The Kier molecular flexibility index (Phi) is 5.48. The topological polar surface area (TPSA) is 75.7 Å². The molecule has 0 radical (unpaired) electrons. The molecule has 8 heteroatoms. The Morgan fingerprint density at radius 1 is 1.04 bits per heavy atom. The summed E-state index contributed by atoms with van der Waals surface area (Å²) < 4.78 is 5.35. The van der Waals surface area contributed by atoms with Gasteiger partial charge in [-0.2, -0.15) is 0 Å². The molecule has 4 amide bonds. The Labute approximate surface area is 165 Å². The molecule has 3 rings (SSSR count). The molecule has 0 unspecified atom stereocenters. The predicted octanol–water partition coefficient (Wildman–Crippen LogP) is 4.06. The number of carbonyl (C=O) groups is 3. The highest BCUT2D eigenvalue weighted by Gasteiger charge is 2.37. The molecule has 1 N–H and O–H groups in total. The average molecular weight is 405 g/mol. The van der Waals surface area contributed by atoms with Gasteiger partial charge in [-0.25, -0.2) is 9.69 Å². The van der Waals surface area contributed by atoms with E-state index in [2.05, 4.69) is 5.32 Å². The first-order valence-electron chi connectivity index (χ1n) is 8.00. The number of urea groups is 1. The maximum absolute atomic E-state index is 12.8. The van der Waals surface area contributed by atoms with Gasteiger partial charge in [-0.3, -0.25) is 14.9 Å². The molecule has 1 fully saturated rings. The number of barbiturate groups is 1. The highest BCUT2D eigenvalue weighted by molar-refractivity contribution is 6.41. The van der Waals surface area contributed by atoms with Crippen molar-refractivity contribution in [3.05, 3.63) is 63.6 Å². The summed E-state index contributed by atoms with van der Waals surface area (Å²) in [4.78, 5) is 38.1. The first kappa shape index (κ1) is 18.9. The number of anilines is 1. The van der Waals surface area contributed by atoms with Crippen molar-refractivity contribution < 1.29 is 19.1 Å². The van der Waals surface area contributed by atoms with Crippen LogP contribution in [0.2, 0.25) is 10.0 Å². The number of hydrogen-bond acceptors (Lipinski definition) is 4. The third-order valence-electron chi connectivity index (χ3n) is 3.80. The highest BCUT2D eigenvalue weighted by Crippen LogP contribution is 2.29. The van der Waals surface area contributed by atoms with E-state index in [9.17, 15) is 14.4 Å². The lowest BCUT2D eigenvalue weighted by atomic mass is 10.1. The van der Waals surface area contributed by atoms with Gasteiger partial charge in [0.05, 0.1) is 12.3 Å². The second-order valence-corrected chi connectivity index (χ2v) is 6.33. The molecule has 2 aromatic rings. The molecule has 1 heterocycles. The van der Waals surface area contributed by atoms with Crippen LogP contribution in [-0.4, -0.2) is 24.5 Å². The van der Waals surface area contributed by atoms with Crippen LogP contribution in [0.3, 0.4) is 0 Å². The van der Waals surface area contributed by atoms with Gasteiger partial charge in [0.15, 0.2) is 0 Å². The predicted molar refractivity (Wildman–Crippen MR) is 103 cm³/mol. The highest BCUT2D eigenvalue weighted by atomic mass is 35.5. The van der Waals surface area contributed by atoms with Crippen LogP contribution in [0.5, 0.6) is 5.75 Å². The molecule has 0 spiro atoms. The molecule has 0 atom stereocenters. The van der Waals surface area contributed by atoms with Crippen molar-refractivity contribution in [1.82, 2.24) is 5.32 Å². The molecule has 6 nitrogen and oxygen atoms in total. The quantitative estimate of drug-likeness (QED) is 0.615. The number of carbonyl (C=O) groups excluding carboxylic acids is 3. The van der Waals surface area contributed by atoms with E-state index in [1.165, 1.54) is 6.08 Å². The van der Waals surface area contributed by atoms with E-state index >= 15 is 0 Å². The Morgan fingerprint density at radius 3 is 2.26 bits per heavy atom. The van der Waals surface area contributed by atoms with E-state index in [1.54, 1.807) is 42.5 Å². The molecule has 0 aromatic heterocycles. The first-order valence-corrected chi connectivity index (χ1v) is 8.76. The van der Waals surface area contributed by atoms with Gasteiger partial charge in [-0.05, 0) is 49.4 Å². The number of amides is 4. The normalized spacial score (nSPS) is 15.9. The monoisotopic (exact) mass is 404 g/mol. The minimum atomic E-state index is -0.837. The van der Waals surface area contributed by atoms with Crippen LogP contribution < -0.4 is 15.0 Å². The van der Waals surface area contributed by atoms with Gasteiger partial charge in [0, 0.05) is 15.6 Å². The summed E-state index contributed by atoms with van der Waals surface area (Å²) in [6, 6.07) is 10.3. The van der Waals surface area contributed by atoms with E-state index in [0.717, 1.165) is 4.90 Å². The molecule has 138 valence electrons. The van der Waals surface area contributed by atoms with Crippen molar-refractivity contribution >= 4 is 52.8 Å². The summed E-state index contributed by atoms with van der Waals surface area (Å²) in [7, 11) is 0. The minimum Gasteiger partial charge on any atom is -0.494 e. The molecular formula is C19H14Cl2N2O4. The van der Waals surface area contributed by atoms with Crippen LogP contribution in [0.4, 0.5) is 10.5 Å². The van der Waals surface area contributed by atoms with Crippen molar-refractivity contribution in [2.45, 2.75) is 6.92 Å². The molecule has 27 heavy (non-hydrogen) atoms. The van der Waals surface area contributed by atoms with E-state index in [0.29, 0.717) is 23.6 Å². The summed E-state index contributed by atoms with van der Waals surface area (Å²) in [5, 5.41) is 2.70. The van der Waals surface area contributed by atoms with Crippen LogP contribution in [0.15, 0.2) is 48.0 Å². The molecule has 0 saturated carbocycles. The van der Waals surface area contributed by atoms with Gasteiger partial charge >= 0.3 is 6.03 Å². The van der Waals surface area contributed by atoms with Crippen LogP contribution in [0, 0.1) is 0 Å². The Balaban J connectivity index is 2.00. The second kappa shape index (κ2) is 7.82. The Bertz CT molecular complexity index is 934. The molecular weight excluding hydrogens is 391 g/mol. The third kappa shape index (κ3) is 3.82. The number of nitrogens with one attached hydrogen (secondary N) is 1. The molecule has 1 aliphatic rings. The standard InChI is InChI=1S/C19H14Cl2N2O4/c1-2-27-12-8-6-11(7-9-12)23-18(25)14(17(24)22-19(23)26)10-13-15(20)4-3-5-16(13)21/h3-10H,2H2,1H3,(H,22,24,26)/b14-10+. The van der Waals surface area contributed by atoms with Crippen molar-refractivity contribution in [1.29, 1.82) is 0 Å². The fourth-order valence-electron chi connectivity index (χ4n) is 2.54. The number of imide groups is 2. The molecule has 1 aliphatic heterocycles. The zero-order valence-corrected chi connectivity index (χ0v) is 15.7. The number of rotatable bonds is 4. The summed E-state index contributed by atoms with van der Waals surface area (Å²) in [6.45, 7) is 2.33. The van der Waals surface area contributed by atoms with Gasteiger partial charge < -0.3 is 4.74 Å². The van der Waals surface area contributed by atoms with Crippen LogP contribution >= 0.6 is 23.2 Å². The number of benzene rings is 2. The van der Waals surface area contributed by atoms with Crippen molar-refractivity contribution in [3.63, 3.8) is 0 Å². The SMILES string of the molecule is CCOc1ccc(N2C(=O)NC(=O)/C(=C\c3c(Cl)cccc3Cl)C2=O)cc1. The zero-order chi connectivity index (χ0) is 19.6. The van der Waals surface area contributed by atoms with Crippen LogP contribution in [0.1, 0.15) is 12.5 Å². The zero-order valence-electron chi connectivity index (χ0n) is 14.2. The maximum Gasteiger partial charge on any atom is 0.335 e. The molecule has 0 aliphatic carbocycles. The smallest absolute Gasteiger partial charge is 0.335 e. The summed E-state index contributed by atoms with van der Waals surface area (Å²) in [5.41, 5.74) is 0.364. The second-order valence-electron chi connectivity index (χ2n) is 5.52. The van der Waals surface area contributed by atoms with Crippen LogP contribution in [0.25, 0.3) is 6.08 Å². The fourth-order valence-corrected chi connectivity index (χ4v) is 3.05. The van der Waals surface area contributed by atoms with Crippen molar-refractivity contribution in [2.24, 2.45) is 0 Å². The summed E-state index contributed by atoms with van der Waals surface area (Å²) in [6.07, 6.45) is 1.27. The third-order valence-corrected chi connectivity index (χ3v) is 4.46. The van der Waals surface area contributed by atoms with E-state index in [-0.39, 0.29) is 15.6 Å². The average Bonchev–Trinajstić information content (AvgIpc) is 2.62. The number of halogens is 2. The molecule has 1 saturated heterocycles. The summed E-state index contributed by atoms with van der Waals surface area (Å²) in [5.74, 6) is -0.993. The van der Waals surface area contributed by atoms with E-state index in [1.807, 2.05) is 6.92 Å². The van der Waals surface area contributed by atoms with Gasteiger partial charge in [-0.15, -0.1) is 0 Å². The largest absolute Gasteiger partial charge is 0.494 e. The van der Waals surface area contributed by atoms with Gasteiger partial charge in [0.2, 0.25) is 0 Å². The maximum atomic E-state index is 12.8. The number of nitrogens with zero attached hydrogens (tertiary/aromatic N) is 1. The fraction of sp³-hybridized carbons (Fsp3) is 0.105. The van der Waals surface area contributed by atoms with Gasteiger partial charge in [0.1, 0.15) is 11.3 Å². The summed E-state index contributed by atoms with van der Waals surface area (Å²) >= 11 is 12.2. The molecule has 0 bridgehead atoms. The van der Waals surface area contributed by atoms with Crippen molar-refractivity contribution in [3.8, 4) is 5.75 Å². The lowest BCUT2D eigenvalue weighted by Crippen LogP contribution is -2.54. The lowest BCUT2D eigenvalue weighted by molar-refractivity contribution is -0.122. The number of hydrogen-bond donors (Lipinski definition) is 1. The van der Waals surface area contributed by atoms with Gasteiger partial charge in [-0.1, -0.05) is 29.3 Å². The Hall–Kier alpha value is -2.83. The van der Waals surface area contributed by atoms with E-state index < -0.39 is 17.8 Å². The molecule has 2 aromatic carbocycles. The Morgan fingerprint density at radius 2 is 1.67 bits per heavy atom. The van der Waals surface area contributed by atoms with Gasteiger partial charge in [0.25, 0.3) is 11.8 Å². The number of ether oxygens (including phenoxy) is 1. The van der Waals surface area contributed by atoms with E-state index in [4.69, 9.17) is 27.9 Å². The lowest BCUT2D eigenvalue weighted by Gasteiger charge is -2.26. The minimum absolute atomic E-state index is 0.251. The first-order chi connectivity index (χ1) is 12.9.